The van der Waals surface area contributed by atoms with E-state index < -0.39 is 0 Å². The Balaban J connectivity index is 1.84. The lowest BCUT2D eigenvalue weighted by Gasteiger charge is -2.31. The molecular formula is C18H21N3O2S. The van der Waals surface area contributed by atoms with Crippen LogP contribution in [0.3, 0.4) is 0 Å². The second-order valence-electron chi connectivity index (χ2n) is 5.75. The molecule has 0 aliphatic carbocycles. The molecule has 0 spiro atoms. The van der Waals surface area contributed by atoms with Crippen LogP contribution in [0.1, 0.15) is 34.8 Å². The summed E-state index contributed by atoms with van der Waals surface area (Å²) in [4.78, 5) is 21.3. The fourth-order valence-electron chi connectivity index (χ4n) is 3.03. The third kappa shape index (κ3) is 3.94. The topological polar surface area (TPSA) is 64.1 Å². The van der Waals surface area contributed by atoms with Crippen LogP contribution >= 0.6 is 11.8 Å². The van der Waals surface area contributed by atoms with Crippen LogP contribution in [0, 0.1) is 5.92 Å². The van der Waals surface area contributed by atoms with Crippen molar-refractivity contribution < 1.29 is 9.53 Å². The van der Waals surface area contributed by atoms with E-state index in [0.717, 1.165) is 36.6 Å². The second kappa shape index (κ2) is 8.26. The number of carbonyl (C=O) groups excluding carboxylic acids is 1. The Morgan fingerprint density at radius 1 is 1.29 bits per heavy atom. The molecule has 0 saturated carbocycles. The number of rotatable bonds is 5. The molecular weight excluding hydrogens is 322 g/mol. The summed E-state index contributed by atoms with van der Waals surface area (Å²) in [6, 6.07) is 7.47. The molecule has 5 nitrogen and oxygen atoms in total. The molecule has 6 heteroatoms. The van der Waals surface area contributed by atoms with E-state index in [1.807, 2.05) is 30.7 Å². The van der Waals surface area contributed by atoms with Crippen LogP contribution in [0.2, 0.25) is 0 Å². The summed E-state index contributed by atoms with van der Waals surface area (Å²) in [5.41, 5.74) is 1.65. The first-order chi connectivity index (χ1) is 11.8. The van der Waals surface area contributed by atoms with Crippen molar-refractivity contribution in [2.24, 2.45) is 5.92 Å². The molecule has 1 N–H and O–H groups in total. The molecule has 3 rings (SSSR count). The third-order valence-corrected chi connectivity index (χ3v) is 4.99. The number of nitrogens with one attached hydrogen (secondary N) is 1. The Morgan fingerprint density at radius 2 is 2.08 bits per heavy atom. The Hall–Kier alpha value is -1.92. The fourth-order valence-corrected chi connectivity index (χ4v) is 3.57. The molecule has 0 bridgehead atoms. The zero-order valence-corrected chi connectivity index (χ0v) is 14.5. The molecule has 126 valence electrons. The average molecular weight is 343 g/mol. The van der Waals surface area contributed by atoms with Crippen LogP contribution in [-0.2, 0) is 4.74 Å². The van der Waals surface area contributed by atoms with Gasteiger partial charge in [0.1, 0.15) is 5.03 Å². The van der Waals surface area contributed by atoms with Crippen LogP contribution in [0.4, 0.5) is 0 Å². The highest BCUT2D eigenvalue weighted by atomic mass is 32.2. The summed E-state index contributed by atoms with van der Waals surface area (Å²) < 4.78 is 5.47. The summed E-state index contributed by atoms with van der Waals surface area (Å²) in [5, 5.41) is 3.95. The molecule has 0 radical (unpaired) electrons. The summed E-state index contributed by atoms with van der Waals surface area (Å²) in [6.45, 7) is 1.47. The number of pyridine rings is 2. The number of nitrogens with zero attached hydrogens (tertiary/aromatic N) is 2. The maximum Gasteiger partial charge on any atom is 0.254 e. The average Bonchev–Trinajstić information content (AvgIpc) is 2.67. The first kappa shape index (κ1) is 16.9. The largest absolute Gasteiger partial charge is 0.381 e. The lowest BCUT2D eigenvalue weighted by molar-refractivity contribution is 0.0513. The van der Waals surface area contributed by atoms with E-state index in [-0.39, 0.29) is 11.9 Å². The molecule has 1 saturated heterocycles. The van der Waals surface area contributed by atoms with Gasteiger partial charge in [0.15, 0.2) is 0 Å². The highest BCUT2D eigenvalue weighted by Crippen LogP contribution is 2.30. The van der Waals surface area contributed by atoms with E-state index in [4.69, 9.17) is 4.74 Å². The van der Waals surface area contributed by atoms with E-state index in [0.29, 0.717) is 11.5 Å². The van der Waals surface area contributed by atoms with Crippen molar-refractivity contribution in [1.29, 1.82) is 0 Å². The molecule has 1 aliphatic rings. The monoisotopic (exact) mass is 343 g/mol. The van der Waals surface area contributed by atoms with Crippen molar-refractivity contribution in [1.82, 2.24) is 15.3 Å². The van der Waals surface area contributed by atoms with Crippen LogP contribution in [0.25, 0.3) is 0 Å². The lowest BCUT2D eigenvalue weighted by Crippen LogP contribution is -2.36. The maximum atomic E-state index is 12.8. The van der Waals surface area contributed by atoms with Crippen LogP contribution in [0.5, 0.6) is 0 Å². The van der Waals surface area contributed by atoms with Gasteiger partial charge in [-0.1, -0.05) is 6.07 Å². The minimum absolute atomic E-state index is 0.0648. The van der Waals surface area contributed by atoms with E-state index in [2.05, 4.69) is 15.3 Å². The molecule has 3 heterocycles. The fraction of sp³-hybridized carbons (Fsp3) is 0.389. The van der Waals surface area contributed by atoms with Gasteiger partial charge >= 0.3 is 0 Å². The summed E-state index contributed by atoms with van der Waals surface area (Å²) in [7, 11) is 0. The number of aromatic nitrogens is 2. The van der Waals surface area contributed by atoms with Gasteiger partial charge in [0, 0.05) is 31.8 Å². The van der Waals surface area contributed by atoms with E-state index in [1.54, 1.807) is 18.5 Å². The normalized spacial score (nSPS) is 16.5. The standard InChI is InChI=1S/C18H21N3O2S/c1-24-18-15(5-3-9-20-18)17(22)21-16(13-6-10-23-11-7-13)14-4-2-8-19-12-14/h2-5,8-9,12-13,16H,6-7,10-11H2,1H3,(H,21,22)/t16-/m1/s1. The van der Waals surface area contributed by atoms with Crippen LogP contribution in [-0.4, -0.2) is 35.3 Å². The van der Waals surface area contributed by atoms with E-state index in [1.165, 1.54) is 11.8 Å². The molecule has 1 amide bonds. The molecule has 1 fully saturated rings. The molecule has 1 aliphatic heterocycles. The highest BCUT2D eigenvalue weighted by molar-refractivity contribution is 7.98. The molecule has 2 aromatic rings. The Bertz CT molecular complexity index is 675. The molecule has 1 atom stereocenters. The molecule has 2 aromatic heterocycles. The van der Waals surface area contributed by atoms with E-state index >= 15 is 0 Å². The van der Waals surface area contributed by atoms with Gasteiger partial charge in [0.25, 0.3) is 5.91 Å². The van der Waals surface area contributed by atoms with Gasteiger partial charge in [-0.05, 0) is 48.8 Å². The van der Waals surface area contributed by atoms with Gasteiger partial charge in [0.2, 0.25) is 0 Å². The van der Waals surface area contributed by atoms with Crippen molar-refractivity contribution >= 4 is 17.7 Å². The predicted octanol–water partition coefficient (Wildman–Crippen LogP) is 3.10. The number of ether oxygens (including phenoxy) is 1. The molecule has 24 heavy (non-hydrogen) atoms. The van der Waals surface area contributed by atoms with Gasteiger partial charge in [-0.25, -0.2) is 4.98 Å². The van der Waals surface area contributed by atoms with E-state index in [9.17, 15) is 4.79 Å². The summed E-state index contributed by atoms with van der Waals surface area (Å²) >= 11 is 1.48. The highest BCUT2D eigenvalue weighted by Gasteiger charge is 2.28. The van der Waals surface area contributed by atoms with Crippen molar-refractivity contribution in [2.45, 2.75) is 23.9 Å². The number of hydrogen-bond donors (Lipinski definition) is 1. The second-order valence-corrected chi connectivity index (χ2v) is 6.54. The van der Waals surface area contributed by atoms with Crippen LogP contribution in [0.15, 0.2) is 47.9 Å². The third-order valence-electron chi connectivity index (χ3n) is 4.28. The molecule has 0 aromatic carbocycles. The number of carbonyl (C=O) groups is 1. The molecule has 0 unspecified atom stereocenters. The Kier molecular flexibility index (Phi) is 5.82. The lowest BCUT2D eigenvalue weighted by atomic mass is 9.87. The van der Waals surface area contributed by atoms with Gasteiger partial charge in [-0.3, -0.25) is 9.78 Å². The minimum Gasteiger partial charge on any atom is -0.381 e. The van der Waals surface area contributed by atoms with Gasteiger partial charge < -0.3 is 10.1 Å². The Labute approximate surface area is 146 Å². The number of thioether (sulfide) groups is 1. The van der Waals surface area contributed by atoms with Crippen molar-refractivity contribution in [3.8, 4) is 0 Å². The number of amides is 1. The van der Waals surface area contributed by atoms with Gasteiger partial charge in [-0.15, -0.1) is 11.8 Å². The van der Waals surface area contributed by atoms with Gasteiger partial charge in [0.05, 0.1) is 11.6 Å². The van der Waals surface area contributed by atoms with Crippen LogP contribution < -0.4 is 5.32 Å². The predicted molar refractivity (Wildman–Crippen MR) is 94.0 cm³/mol. The minimum atomic E-state index is -0.0900. The quantitative estimate of drug-likeness (QED) is 0.845. The summed E-state index contributed by atoms with van der Waals surface area (Å²) in [5.74, 6) is 0.258. The van der Waals surface area contributed by atoms with Gasteiger partial charge in [-0.2, -0.15) is 0 Å². The SMILES string of the molecule is CSc1ncccc1C(=O)N[C@@H](c1cccnc1)C1CCOCC1. The van der Waals surface area contributed by atoms with Crippen molar-refractivity contribution in [2.75, 3.05) is 19.5 Å². The summed E-state index contributed by atoms with van der Waals surface area (Å²) in [6.07, 6.45) is 9.08. The first-order valence-electron chi connectivity index (χ1n) is 8.07. The first-order valence-corrected chi connectivity index (χ1v) is 9.29. The number of hydrogen-bond acceptors (Lipinski definition) is 5. The smallest absolute Gasteiger partial charge is 0.254 e. The zero-order valence-electron chi connectivity index (χ0n) is 13.6. The van der Waals surface area contributed by atoms with Crippen molar-refractivity contribution in [3.63, 3.8) is 0 Å². The Morgan fingerprint density at radius 3 is 2.79 bits per heavy atom. The van der Waals surface area contributed by atoms with Crippen molar-refractivity contribution in [3.05, 3.63) is 54.0 Å². The maximum absolute atomic E-state index is 12.8. The zero-order chi connectivity index (χ0) is 16.8.